The second-order valence-electron chi connectivity index (χ2n) is 7.39. The Morgan fingerprint density at radius 2 is 1.81 bits per heavy atom. The average Bonchev–Trinajstić information content (AvgIpc) is 3.23. The van der Waals surface area contributed by atoms with E-state index >= 15 is 0 Å². The monoisotopic (exact) mass is 486 g/mol. The summed E-state index contributed by atoms with van der Waals surface area (Å²) in [6.07, 6.45) is 5.85. The predicted molar refractivity (Wildman–Crippen MR) is 123 cm³/mol. The fraction of sp³-hybridized carbons (Fsp3) is 0.667. The van der Waals surface area contributed by atoms with Gasteiger partial charge in [-0.2, -0.15) is 0 Å². The highest BCUT2D eigenvalue weighted by atomic mass is 127. The molecular weight excluding hydrogens is 451 g/mol. The Kier molecular flexibility index (Phi) is 9.86. The maximum absolute atomic E-state index is 5.65. The first-order chi connectivity index (χ1) is 12.8. The minimum atomic E-state index is 0. The summed E-state index contributed by atoms with van der Waals surface area (Å²) in [5, 5.41) is 6.91. The molecule has 0 radical (unpaired) electrons. The minimum absolute atomic E-state index is 0. The number of hydrogen-bond acceptors (Lipinski definition) is 3. The summed E-state index contributed by atoms with van der Waals surface area (Å²) in [5.74, 6) is 0.938. The van der Waals surface area contributed by atoms with E-state index in [-0.39, 0.29) is 29.5 Å². The van der Waals surface area contributed by atoms with Crippen LogP contribution in [-0.2, 0) is 11.2 Å². The van der Waals surface area contributed by atoms with Crippen molar-refractivity contribution in [1.29, 1.82) is 0 Å². The van der Waals surface area contributed by atoms with Crippen LogP contribution in [0.5, 0.6) is 0 Å². The van der Waals surface area contributed by atoms with Gasteiger partial charge in [0.15, 0.2) is 5.96 Å². The van der Waals surface area contributed by atoms with Crippen molar-refractivity contribution < 1.29 is 4.74 Å². The molecule has 0 unspecified atom stereocenters. The molecule has 2 N–H and O–H groups in total. The smallest absolute Gasteiger partial charge is 0.191 e. The first-order valence-electron chi connectivity index (χ1n) is 10.2. The highest BCUT2D eigenvalue weighted by molar-refractivity contribution is 14.0. The van der Waals surface area contributed by atoms with Gasteiger partial charge in [-0.25, -0.2) is 0 Å². The first-order valence-corrected chi connectivity index (χ1v) is 10.2. The van der Waals surface area contributed by atoms with Crippen molar-refractivity contribution in [2.75, 3.05) is 45.9 Å². The topological polar surface area (TPSA) is 48.9 Å². The van der Waals surface area contributed by atoms with Gasteiger partial charge >= 0.3 is 0 Å². The minimum Gasteiger partial charge on any atom is -0.381 e. The predicted octanol–water partition coefficient (Wildman–Crippen LogP) is 3.05. The van der Waals surface area contributed by atoms with Gasteiger partial charge < -0.3 is 15.4 Å². The Hall–Kier alpha value is -0.860. The largest absolute Gasteiger partial charge is 0.381 e. The van der Waals surface area contributed by atoms with Crippen molar-refractivity contribution in [1.82, 2.24) is 15.5 Å². The zero-order valence-corrected chi connectivity index (χ0v) is 18.9. The lowest BCUT2D eigenvalue weighted by molar-refractivity contribution is -0.0139. The third-order valence-corrected chi connectivity index (χ3v) is 5.63. The SMILES string of the molecule is CCNC(=NCC1(N2CCCC2)CCOCC1)NCCc1ccccc1.I. The van der Waals surface area contributed by atoms with Gasteiger partial charge in [0.2, 0.25) is 0 Å². The van der Waals surface area contributed by atoms with Crippen molar-refractivity contribution in [2.24, 2.45) is 4.99 Å². The fourth-order valence-electron chi connectivity index (χ4n) is 4.06. The third kappa shape index (κ3) is 6.61. The van der Waals surface area contributed by atoms with Gasteiger partial charge in [-0.1, -0.05) is 30.3 Å². The molecule has 2 fully saturated rings. The van der Waals surface area contributed by atoms with Crippen LogP contribution >= 0.6 is 24.0 Å². The zero-order chi connectivity index (χ0) is 18.1. The number of hydrogen-bond donors (Lipinski definition) is 2. The van der Waals surface area contributed by atoms with Crippen molar-refractivity contribution in [2.45, 2.75) is 44.6 Å². The molecule has 1 aromatic carbocycles. The number of rotatable bonds is 7. The summed E-state index contributed by atoms with van der Waals surface area (Å²) in [6.45, 7) is 8.93. The average molecular weight is 486 g/mol. The van der Waals surface area contributed by atoms with E-state index in [1.165, 1.54) is 31.5 Å². The summed E-state index contributed by atoms with van der Waals surface area (Å²) in [6, 6.07) is 10.6. The quantitative estimate of drug-likeness (QED) is 0.354. The maximum Gasteiger partial charge on any atom is 0.191 e. The van der Waals surface area contributed by atoms with E-state index in [4.69, 9.17) is 9.73 Å². The second-order valence-corrected chi connectivity index (χ2v) is 7.39. The van der Waals surface area contributed by atoms with Crippen LogP contribution in [0.4, 0.5) is 0 Å². The van der Waals surface area contributed by atoms with Gasteiger partial charge in [0.25, 0.3) is 0 Å². The van der Waals surface area contributed by atoms with E-state index in [9.17, 15) is 0 Å². The van der Waals surface area contributed by atoms with Gasteiger partial charge in [0.05, 0.1) is 6.54 Å². The van der Waals surface area contributed by atoms with Crippen molar-refractivity contribution in [3.63, 3.8) is 0 Å². The molecule has 0 bridgehead atoms. The van der Waals surface area contributed by atoms with Crippen LogP contribution in [0.3, 0.4) is 0 Å². The fourth-order valence-corrected chi connectivity index (χ4v) is 4.06. The normalized spacial score (nSPS) is 20.1. The van der Waals surface area contributed by atoms with Crippen molar-refractivity contribution >= 4 is 29.9 Å². The number of likely N-dealkylation sites (tertiary alicyclic amines) is 1. The summed E-state index contributed by atoms with van der Waals surface area (Å²) in [4.78, 5) is 7.66. The number of nitrogens with one attached hydrogen (secondary N) is 2. The summed E-state index contributed by atoms with van der Waals surface area (Å²) < 4.78 is 5.65. The van der Waals surface area contributed by atoms with Crippen LogP contribution in [0.1, 0.15) is 38.2 Å². The Bertz CT molecular complexity index is 555. The molecule has 0 aromatic heterocycles. The van der Waals surface area contributed by atoms with Crippen LogP contribution in [0.15, 0.2) is 35.3 Å². The van der Waals surface area contributed by atoms with E-state index in [1.54, 1.807) is 0 Å². The van der Waals surface area contributed by atoms with Crippen molar-refractivity contribution in [3.05, 3.63) is 35.9 Å². The second kappa shape index (κ2) is 11.9. The lowest BCUT2D eigenvalue weighted by atomic mass is 9.88. The third-order valence-electron chi connectivity index (χ3n) is 5.63. The van der Waals surface area contributed by atoms with Gasteiger partial charge in [0.1, 0.15) is 0 Å². The Morgan fingerprint density at radius 3 is 2.48 bits per heavy atom. The standard InChI is InChI=1S/C21H34N4O.HI/c1-2-22-20(23-13-10-19-8-4-3-5-9-19)24-18-21(11-16-26-17-12-21)25-14-6-7-15-25;/h3-5,8-9H,2,6-7,10-18H2,1H3,(H2,22,23,24);1H. The van der Waals surface area contributed by atoms with Crippen molar-refractivity contribution in [3.8, 4) is 0 Å². The van der Waals surface area contributed by atoms with Gasteiger partial charge in [-0.15, -0.1) is 24.0 Å². The maximum atomic E-state index is 5.65. The lowest BCUT2D eigenvalue weighted by Gasteiger charge is -2.43. The van der Waals surface area contributed by atoms with Gasteiger partial charge in [-0.05, 0) is 57.7 Å². The molecule has 6 heteroatoms. The molecule has 3 rings (SSSR count). The van der Waals surface area contributed by atoms with E-state index in [1.807, 2.05) is 0 Å². The van der Waals surface area contributed by atoms with E-state index in [0.717, 1.165) is 58.1 Å². The number of aliphatic imine (C=N–C) groups is 1. The van der Waals surface area contributed by atoms with Crippen LogP contribution in [0, 0.1) is 0 Å². The highest BCUT2D eigenvalue weighted by Gasteiger charge is 2.39. The van der Waals surface area contributed by atoms with E-state index < -0.39 is 0 Å². The summed E-state index contributed by atoms with van der Waals surface area (Å²) in [5.41, 5.74) is 1.55. The molecule has 2 heterocycles. The van der Waals surface area contributed by atoms with Gasteiger partial charge in [0, 0.05) is 31.8 Å². The Labute approximate surface area is 181 Å². The zero-order valence-electron chi connectivity index (χ0n) is 16.6. The molecule has 5 nitrogen and oxygen atoms in total. The Morgan fingerprint density at radius 1 is 1.11 bits per heavy atom. The molecular formula is C21H35IN4O. The highest BCUT2D eigenvalue weighted by Crippen LogP contribution is 2.31. The summed E-state index contributed by atoms with van der Waals surface area (Å²) >= 11 is 0. The molecule has 27 heavy (non-hydrogen) atoms. The number of benzene rings is 1. The molecule has 0 saturated carbocycles. The van der Waals surface area contributed by atoms with Crippen LogP contribution in [0.25, 0.3) is 0 Å². The molecule has 152 valence electrons. The molecule has 1 aromatic rings. The number of halogens is 1. The number of nitrogens with zero attached hydrogens (tertiary/aromatic N) is 2. The summed E-state index contributed by atoms with van der Waals surface area (Å²) in [7, 11) is 0. The van der Waals surface area contributed by atoms with E-state index in [0.29, 0.717) is 0 Å². The molecule has 2 saturated heterocycles. The first kappa shape index (κ1) is 22.4. The van der Waals surface area contributed by atoms with Gasteiger partial charge in [-0.3, -0.25) is 9.89 Å². The molecule has 0 spiro atoms. The number of guanidine groups is 1. The lowest BCUT2D eigenvalue weighted by Crippen LogP contribution is -2.54. The molecule has 2 aliphatic heterocycles. The number of ether oxygens (including phenoxy) is 1. The molecule has 0 aliphatic carbocycles. The van der Waals surface area contributed by atoms with E-state index in [2.05, 4.69) is 52.8 Å². The van der Waals surface area contributed by atoms with Crippen LogP contribution < -0.4 is 10.6 Å². The molecule has 0 amide bonds. The van der Waals surface area contributed by atoms with Crippen LogP contribution in [0.2, 0.25) is 0 Å². The molecule has 2 aliphatic rings. The Balaban J connectivity index is 0.00000261. The van der Waals surface area contributed by atoms with Crippen LogP contribution in [-0.4, -0.2) is 62.3 Å². The molecule has 0 atom stereocenters.